The first-order chi connectivity index (χ1) is 12.9. The van der Waals surface area contributed by atoms with Gasteiger partial charge in [-0.25, -0.2) is 8.42 Å². The summed E-state index contributed by atoms with van der Waals surface area (Å²) >= 11 is 0. The number of methoxy groups -OCH3 is 1. The van der Waals surface area contributed by atoms with E-state index in [0.717, 1.165) is 38.5 Å². The van der Waals surface area contributed by atoms with E-state index in [2.05, 4.69) is 5.32 Å². The summed E-state index contributed by atoms with van der Waals surface area (Å²) in [7, 11) is -2.16. The molecule has 3 rings (SSSR count). The highest BCUT2D eigenvalue weighted by atomic mass is 32.2. The molecule has 2 fully saturated rings. The third-order valence-corrected chi connectivity index (χ3v) is 7.24. The van der Waals surface area contributed by atoms with E-state index in [4.69, 9.17) is 10.5 Å². The maximum Gasteiger partial charge on any atom is 0.255 e. The Morgan fingerprint density at radius 1 is 1.26 bits per heavy atom. The lowest BCUT2D eigenvalue weighted by Crippen LogP contribution is -2.38. The minimum atomic E-state index is -3.63. The predicted octanol–water partition coefficient (Wildman–Crippen LogP) is 1.73. The Hall–Kier alpha value is -1.64. The molecule has 0 aromatic heterocycles. The smallest absolute Gasteiger partial charge is 0.255 e. The highest BCUT2D eigenvalue weighted by Gasteiger charge is 2.30. The van der Waals surface area contributed by atoms with Crippen molar-refractivity contribution < 1.29 is 17.9 Å². The second-order valence-corrected chi connectivity index (χ2v) is 9.33. The Balaban J connectivity index is 1.80. The van der Waals surface area contributed by atoms with Crippen LogP contribution in [0.3, 0.4) is 0 Å². The molecule has 1 aromatic carbocycles. The van der Waals surface area contributed by atoms with E-state index in [1.165, 1.54) is 23.5 Å². The molecule has 1 atom stereocenters. The van der Waals surface area contributed by atoms with Crippen LogP contribution in [0.1, 0.15) is 48.9 Å². The predicted molar refractivity (Wildman–Crippen MR) is 103 cm³/mol. The number of ether oxygens (including phenoxy) is 1. The van der Waals surface area contributed by atoms with Crippen molar-refractivity contribution >= 4 is 15.9 Å². The summed E-state index contributed by atoms with van der Waals surface area (Å²) in [5, 5.41) is 2.81. The number of rotatable bonds is 7. The molecule has 1 amide bonds. The van der Waals surface area contributed by atoms with Gasteiger partial charge in [0.15, 0.2) is 0 Å². The van der Waals surface area contributed by atoms with E-state index >= 15 is 0 Å². The molecule has 0 bridgehead atoms. The van der Waals surface area contributed by atoms with Gasteiger partial charge in [0.1, 0.15) is 5.75 Å². The van der Waals surface area contributed by atoms with Gasteiger partial charge in [-0.1, -0.05) is 12.8 Å². The number of carbonyl (C=O) groups is 1. The van der Waals surface area contributed by atoms with Gasteiger partial charge in [0.2, 0.25) is 10.0 Å². The van der Waals surface area contributed by atoms with E-state index in [0.29, 0.717) is 31.3 Å². The number of carbonyl (C=O) groups excluding carboxylic acids is 1. The van der Waals surface area contributed by atoms with Crippen LogP contribution in [-0.4, -0.2) is 51.4 Å². The second kappa shape index (κ2) is 8.58. The van der Waals surface area contributed by atoms with Gasteiger partial charge in [0, 0.05) is 25.7 Å². The fourth-order valence-electron chi connectivity index (χ4n) is 3.45. The van der Waals surface area contributed by atoms with Gasteiger partial charge in [0.25, 0.3) is 5.91 Å². The number of nitrogens with zero attached hydrogens (tertiary/aromatic N) is 1. The number of hydrogen-bond acceptors (Lipinski definition) is 5. The SMILES string of the molecule is COc1ccc(S(=O)(=O)N2CCCCCC2)cc1C(=O)NCC(N)C1CC1. The topological polar surface area (TPSA) is 102 Å². The van der Waals surface area contributed by atoms with Crippen LogP contribution < -0.4 is 15.8 Å². The monoisotopic (exact) mass is 395 g/mol. The van der Waals surface area contributed by atoms with Crippen LogP contribution in [-0.2, 0) is 10.0 Å². The average molecular weight is 396 g/mol. The first-order valence-corrected chi connectivity index (χ1v) is 11.1. The summed E-state index contributed by atoms with van der Waals surface area (Å²) in [6.45, 7) is 1.41. The number of hydrogen-bond donors (Lipinski definition) is 2. The van der Waals surface area contributed by atoms with E-state index in [1.54, 1.807) is 6.07 Å². The number of nitrogens with one attached hydrogen (secondary N) is 1. The molecule has 1 aliphatic carbocycles. The maximum absolute atomic E-state index is 13.0. The molecule has 1 unspecified atom stereocenters. The standard InChI is InChI=1S/C19H29N3O4S/c1-26-18-9-8-15(27(24,25)22-10-4-2-3-5-11-22)12-16(18)19(23)21-13-17(20)14-6-7-14/h8-9,12,14,17H,2-7,10-11,13,20H2,1H3,(H,21,23). The van der Waals surface area contributed by atoms with Crippen molar-refractivity contribution in [2.75, 3.05) is 26.7 Å². The fraction of sp³-hybridized carbons (Fsp3) is 0.632. The quantitative estimate of drug-likeness (QED) is 0.732. The molecule has 1 saturated carbocycles. The minimum Gasteiger partial charge on any atom is -0.496 e. The maximum atomic E-state index is 13.0. The molecule has 0 spiro atoms. The van der Waals surface area contributed by atoms with Gasteiger partial charge in [-0.3, -0.25) is 4.79 Å². The molecule has 150 valence electrons. The molecule has 7 nitrogen and oxygen atoms in total. The Morgan fingerprint density at radius 3 is 2.52 bits per heavy atom. The fourth-order valence-corrected chi connectivity index (χ4v) is 5.00. The summed E-state index contributed by atoms with van der Waals surface area (Å²) < 4.78 is 32.8. The van der Waals surface area contributed by atoms with Gasteiger partial charge in [-0.2, -0.15) is 4.31 Å². The Morgan fingerprint density at radius 2 is 1.93 bits per heavy atom. The third kappa shape index (κ3) is 4.80. The Labute approximate surface area is 161 Å². The summed E-state index contributed by atoms with van der Waals surface area (Å²) in [6, 6.07) is 4.40. The zero-order valence-corrected chi connectivity index (χ0v) is 16.6. The van der Waals surface area contributed by atoms with Crippen LogP contribution in [0.4, 0.5) is 0 Å². The number of amides is 1. The first-order valence-electron chi connectivity index (χ1n) is 9.65. The lowest BCUT2D eigenvalue weighted by atomic mass is 10.1. The lowest BCUT2D eigenvalue weighted by molar-refractivity contribution is 0.0947. The number of sulfonamides is 1. The van der Waals surface area contributed by atoms with Gasteiger partial charge in [-0.05, 0) is 49.8 Å². The average Bonchev–Trinajstić information content (AvgIpc) is 3.52. The normalized spacial score (nSPS) is 19.9. The molecular formula is C19H29N3O4S. The molecule has 8 heteroatoms. The molecular weight excluding hydrogens is 366 g/mol. The number of nitrogens with two attached hydrogens (primary N) is 1. The van der Waals surface area contributed by atoms with Crippen molar-refractivity contribution in [1.29, 1.82) is 0 Å². The largest absolute Gasteiger partial charge is 0.496 e. The highest BCUT2D eigenvalue weighted by Crippen LogP contribution is 2.31. The lowest BCUT2D eigenvalue weighted by Gasteiger charge is -2.21. The van der Waals surface area contributed by atoms with Crippen molar-refractivity contribution in [2.45, 2.75) is 49.5 Å². The van der Waals surface area contributed by atoms with Crippen molar-refractivity contribution in [3.8, 4) is 5.75 Å². The Bertz CT molecular complexity index is 769. The van der Waals surface area contributed by atoms with E-state index in [1.807, 2.05) is 0 Å². The van der Waals surface area contributed by atoms with Crippen molar-refractivity contribution in [3.05, 3.63) is 23.8 Å². The van der Waals surface area contributed by atoms with E-state index in [9.17, 15) is 13.2 Å². The molecule has 1 heterocycles. The Kier molecular flexibility index (Phi) is 6.39. The van der Waals surface area contributed by atoms with Crippen LogP contribution in [0, 0.1) is 5.92 Å². The zero-order valence-electron chi connectivity index (χ0n) is 15.8. The van der Waals surface area contributed by atoms with Crippen molar-refractivity contribution in [3.63, 3.8) is 0 Å². The molecule has 0 radical (unpaired) electrons. The van der Waals surface area contributed by atoms with Crippen LogP contribution in [0.2, 0.25) is 0 Å². The molecule has 2 aliphatic rings. The van der Waals surface area contributed by atoms with Crippen LogP contribution in [0.25, 0.3) is 0 Å². The van der Waals surface area contributed by atoms with Gasteiger partial charge < -0.3 is 15.8 Å². The molecule has 1 aromatic rings. The van der Waals surface area contributed by atoms with Crippen LogP contribution in [0.5, 0.6) is 5.75 Å². The summed E-state index contributed by atoms with van der Waals surface area (Å²) in [5.41, 5.74) is 6.26. The molecule has 1 aliphatic heterocycles. The van der Waals surface area contributed by atoms with Crippen molar-refractivity contribution in [1.82, 2.24) is 9.62 Å². The van der Waals surface area contributed by atoms with Crippen molar-refractivity contribution in [2.24, 2.45) is 11.7 Å². The van der Waals surface area contributed by atoms with Gasteiger partial charge in [0.05, 0.1) is 17.6 Å². The molecule has 1 saturated heterocycles. The molecule has 27 heavy (non-hydrogen) atoms. The summed E-state index contributed by atoms with van der Waals surface area (Å²) in [5.74, 6) is 0.458. The van der Waals surface area contributed by atoms with Gasteiger partial charge in [-0.15, -0.1) is 0 Å². The number of benzene rings is 1. The minimum absolute atomic E-state index is 0.0658. The van der Waals surface area contributed by atoms with Gasteiger partial charge >= 0.3 is 0 Å². The molecule has 3 N–H and O–H groups in total. The third-order valence-electron chi connectivity index (χ3n) is 5.34. The van der Waals surface area contributed by atoms with E-state index < -0.39 is 10.0 Å². The zero-order chi connectivity index (χ0) is 19.4. The summed E-state index contributed by atoms with van der Waals surface area (Å²) in [4.78, 5) is 12.8. The summed E-state index contributed by atoms with van der Waals surface area (Å²) in [6.07, 6.45) is 6.02. The van der Waals surface area contributed by atoms with E-state index in [-0.39, 0.29) is 22.4 Å². The first kappa shape index (κ1) is 20.1. The van der Waals surface area contributed by atoms with Crippen LogP contribution >= 0.6 is 0 Å². The second-order valence-electron chi connectivity index (χ2n) is 7.39. The highest BCUT2D eigenvalue weighted by molar-refractivity contribution is 7.89. The van der Waals surface area contributed by atoms with Crippen LogP contribution in [0.15, 0.2) is 23.1 Å².